The van der Waals surface area contributed by atoms with Crippen LogP contribution in [-0.4, -0.2) is 22.9 Å². The number of hydrogen-bond donors (Lipinski definition) is 1. The average Bonchev–Trinajstić information content (AvgIpc) is 3.55. The SMILES string of the molecule is C1=CC2NC(c3ccc(C4=CC=C(C5CCCCC5)CC4)nc3)=NC2C=C1c1ccsc1. The highest BCUT2D eigenvalue weighted by Gasteiger charge is 2.28. The number of thiophene rings is 1. The minimum absolute atomic E-state index is 0.147. The summed E-state index contributed by atoms with van der Waals surface area (Å²) in [5.41, 5.74) is 7.73. The average molecular weight is 440 g/mol. The third kappa shape index (κ3) is 3.93. The van der Waals surface area contributed by atoms with Crippen LogP contribution in [0.4, 0.5) is 0 Å². The fraction of sp³-hybridized carbons (Fsp3) is 0.357. The molecular weight excluding hydrogens is 410 g/mol. The lowest BCUT2D eigenvalue weighted by molar-refractivity contribution is 0.395. The van der Waals surface area contributed by atoms with Gasteiger partial charge >= 0.3 is 0 Å². The van der Waals surface area contributed by atoms with E-state index in [-0.39, 0.29) is 12.1 Å². The Kier molecular flexibility index (Phi) is 5.40. The van der Waals surface area contributed by atoms with Crippen LogP contribution in [-0.2, 0) is 0 Å². The van der Waals surface area contributed by atoms with Gasteiger partial charge in [-0.15, -0.1) is 0 Å². The van der Waals surface area contributed by atoms with Gasteiger partial charge in [0.2, 0.25) is 0 Å². The molecule has 0 radical (unpaired) electrons. The number of hydrogen-bond acceptors (Lipinski definition) is 4. The van der Waals surface area contributed by atoms with E-state index < -0.39 is 0 Å². The summed E-state index contributed by atoms with van der Waals surface area (Å²) in [6, 6.07) is 6.88. The molecule has 1 N–H and O–H groups in total. The number of pyridine rings is 1. The van der Waals surface area contributed by atoms with E-state index in [2.05, 4.69) is 64.7 Å². The number of aromatic nitrogens is 1. The normalized spacial score (nSPS) is 25.4. The highest BCUT2D eigenvalue weighted by Crippen LogP contribution is 2.36. The molecule has 6 rings (SSSR count). The number of amidine groups is 1. The first-order chi connectivity index (χ1) is 15.8. The van der Waals surface area contributed by atoms with E-state index in [1.54, 1.807) is 16.9 Å². The van der Waals surface area contributed by atoms with Crippen molar-refractivity contribution in [2.24, 2.45) is 10.9 Å². The van der Waals surface area contributed by atoms with Gasteiger partial charge in [0.1, 0.15) is 5.84 Å². The molecule has 4 aliphatic rings. The van der Waals surface area contributed by atoms with Crippen molar-refractivity contribution in [2.45, 2.75) is 57.0 Å². The summed E-state index contributed by atoms with van der Waals surface area (Å²) < 4.78 is 0. The molecule has 0 spiro atoms. The molecule has 3 nitrogen and oxygen atoms in total. The molecule has 0 saturated heterocycles. The first-order valence-corrected chi connectivity index (χ1v) is 12.9. The molecule has 162 valence electrons. The van der Waals surface area contributed by atoms with Crippen molar-refractivity contribution >= 4 is 28.3 Å². The van der Waals surface area contributed by atoms with Gasteiger partial charge in [-0.1, -0.05) is 49.1 Å². The van der Waals surface area contributed by atoms with Crippen LogP contribution in [0.1, 0.15) is 61.8 Å². The van der Waals surface area contributed by atoms with Crippen LogP contribution in [0.5, 0.6) is 0 Å². The quantitative estimate of drug-likeness (QED) is 0.585. The van der Waals surface area contributed by atoms with Crippen LogP contribution < -0.4 is 5.32 Å². The van der Waals surface area contributed by atoms with Gasteiger partial charge in [-0.25, -0.2) is 0 Å². The predicted octanol–water partition coefficient (Wildman–Crippen LogP) is 6.57. The molecule has 0 bridgehead atoms. The zero-order valence-corrected chi connectivity index (χ0v) is 19.2. The summed E-state index contributed by atoms with van der Waals surface area (Å²) in [5.74, 6) is 1.78. The number of nitrogens with one attached hydrogen (secondary N) is 1. The summed E-state index contributed by atoms with van der Waals surface area (Å²) in [5, 5.41) is 7.89. The van der Waals surface area contributed by atoms with Gasteiger partial charge in [-0.2, -0.15) is 11.3 Å². The Hall–Kier alpha value is -2.72. The van der Waals surface area contributed by atoms with Crippen molar-refractivity contribution in [3.05, 3.63) is 87.9 Å². The van der Waals surface area contributed by atoms with Gasteiger partial charge in [0.25, 0.3) is 0 Å². The lowest BCUT2D eigenvalue weighted by atomic mass is 9.79. The Bertz CT molecular complexity index is 1130. The molecule has 1 aliphatic heterocycles. The maximum absolute atomic E-state index is 4.96. The molecule has 2 atom stereocenters. The van der Waals surface area contributed by atoms with E-state index in [1.807, 2.05) is 6.20 Å². The van der Waals surface area contributed by atoms with Crippen molar-refractivity contribution in [2.75, 3.05) is 0 Å². The maximum Gasteiger partial charge on any atom is 0.131 e. The molecule has 32 heavy (non-hydrogen) atoms. The summed E-state index contributed by atoms with van der Waals surface area (Å²) >= 11 is 1.73. The Morgan fingerprint density at radius 3 is 2.66 bits per heavy atom. The van der Waals surface area contributed by atoms with Crippen LogP contribution in [0.2, 0.25) is 0 Å². The minimum atomic E-state index is 0.147. The fourth-order valence-corrected chi connectivity index (χ4v) is 6.11. The van der Waals surface area contributed by atoms with Gasteiger partial charge in [-0.05, 0) is 83.3 Å². The highest BCUT2D eigenvalue weighted by atomic mass is 32.1. The van der Waals surface area contributed by atoms with Crippen molar-refractivity contribution in [3.8, 4) is 0 Å². The molecule has 0 amide bonds. The molecule has 1 fully saturated rings. The summed E-state index contributed by atoms with van der Waals surface area (Å²) in [6.07, 6.45) is 22.7. The summed E-state index contributed by atoms with van der Waals surface area (Å²) in [4.78, 5) is 9.77. The Morgan fingerprint density at radius 1 is 0.969 bits per heavy atom. The van der Waals surface area contributed by atoms with Gasteiger partial charge < -0.3 is 5.32 Å². The molecule has 0 aromatic carbocycles. The molecule has 2 aromatic rings. The second kappa shape index (κ2) is 8.67. The lowest BCUT2D eigenvalue weighted by Crippen LogP contribution is -2.33. The van der Waals surface area contributed by atoms with E-state index in [9.17, 15) is 0 Å². The van der Waals surface area contributed by atoms with Crippen LogP contribution in [0.15, 0.2) is 76.1 Å². The summed E-state index contributed by atoms with van der Waals surface area (Å²) in [7, 11) is 0. The summed E-state index contributed by atoms with van der Waals surface area (Å²) in [6.45, 7) is 0. The van der Waals surface area contributed by atoms with Crippen molar-refractivity contribution < 1.29 is 0 Å². The standard InChI is InChI=1S/C28H29N3S/c1-2-4-19(5-3-1)20-6-8-21(9-7-20)25-12-11-23(17-29-25)28-30-26-13-10-22(16-27(26)31-28)24-14-15-32-18-24/h6,8,10-19,26-27H,1-5,7,9H2,(H,30,31). The maximum atomic E-state index is 4.96. The monoisotopic (exact) mass is 439 g/mol. The van der Waals surface area contributed by atoms with Crippen molar-refractivity contribution in [3.63, 3.8) is 0 Å². The van der Waals surface area contributed by atoms with E-state index in [4.69, 9.17) is 9.98 Å². The number of fused-ring (bicyclic) bond motifs is 1. The third-order valence-corrected chi connectivity index (χ3v) is 8.00. The first kappa shape index (κ1) is 19.9. The van der Waals surface area contributed by atoms with E-state index in [1.165, 1.54) is 55.2 Å². The second-order valence-electron chi connectivity index (χ2n) is 9.33. The van der Waals surface area contributed by atoms with E-state index in [0.717, 1.165) is 29.4 Å². The van der Waals surface area contributed by atoms with Crippen LogP contribution in [0.3, 0.4) is 0 Å². The van der Waals surface area contributed by atoms with E-state index >= 15 is 0 Å². The Balaban J connectivity index is 1.16. The smallest absolute Gasteiger partial charge is 0.131 e. The lowest BCUT2D eigenvalue weighted by Gasteiger charge is -2.26. The predicted molar refractivity (Wildman–Crippen MR) is 135 cm³/mol. The highest BCUT2D eigenvalue weighted by molar-refractivity contribution is 7.08. The van der Waals surface area contributed by atoms with Crippen LogP contribution in [0.25, 0.3) is 11.1 Å². The van der Waals surface area contributed by atoms with Gasteiger partial charge in [0.05, 0.1) is 17.8 Å². The second-order valence-corrected chi connectivity index (χ2v) is 10.1. The van der Waals surface area contributed by atoms with Crippen LogP contribution in [0, 0.1) is 5.92 Å². The topological polar surface area (TPSA) is 37.3 Å². The number of rotatable bonds is 4. The number of nitrogens with zero attached hydrogens (tertiary/aromatic N) is 2. The fourth-order valence-electron chi connectivity index (χ4n) is 5.44. The third-order valence-electron chi connectivity index (χ3n) is 7.31. The molecule has 3 heterocycles. The van der Waals surface area contributed by atoms with Gasteiger partial charge in [0.15, 0.2) is 0 Å². The van der Waals surface area contributed by atoms with E-state index in [0.29, 0.717) is 0 Å². The molecule has 3 aliphatic carbocycles. The Labute approximate surface area is 194 Å². The zero-order valence-electron chi connectivity index (χ0n) is 18.3. The van der Waals surface area contributed by atoms with Crippen molar-refractivity contribution in [1.29, 1.82) is 0 Å². The molecule has 2 unspecified atom stereocenters. The van der Waals surface area contributed by atoms with Gasteiger partial charge in [-0.3, -0.25) is 9.98 Å². The zero-order chi connectivity index (χ0) is 21.3. The number of allylic oxidation sites excluding steroid dienone is 6. The molecular formula is C28H29N3S. The van der Waals surface area contributed by atoms with Crippen molar-refractivity contribution in [1.82, 2.24) is 10.3 Å². The Morgan fingerprint density at radius 2 is 1.91 bits per heavy atom. The largest absolute Gasteiger partial charge is 0.361 e. The minimum Gasteiger partial charge on any atom is -0.361 e. The molecule has 2 aromatic heterocycles. The van der Waals surface area contributed by atoms with Gasteiger partial charge in [0, 0.05) is 11.8 Å². The molecule has 4 heteroatoms. The first-order valence-electron chi connectivity index (χ1n) is 12.0. The number of aliphatic imine (C=N–C) groups is 1. The molecule has 1 saturated carbocycles. The van der Waals surface area contributed by atoms with Crippen LogP contribution >= 0.6 is 11.3 Å².